The van der Waals surface area contributed by atoms with Crippen molar-refractivity contribution in [3.05, 3.63) is 29.9 Å². The molecule has 10 rings (SSSR count). The fraction of sp³-hybridized carbons (Fsp3) is 0.836. The molecule has 2 saturated heterocycles. The Morgan fingerprint density at radius 1 is 0.958 bits per heavy atom. The summed E-state index contributed by atoms with van der Waals surface area (Å²) in [6, 6.07) is -0.566. The molecule has 71 heavy (non-hydrogen) atoms. The predicted molar refractivity (Wildman–Crippen MR) is 259 cm³/mol. The van der Waals surface area contributed by atoms with E-state index >= 15 is 0 Å². The number of aromatic amines is 1. The third-order valence-corrected chi connectivity index (χ3v) is 22.8. The number of nitrogens with two attached hydrogens (primary N) is 1. The van der Waals surface area contributed by atoms with Crippen molar-refractivity contribution in [1.82, 2.24) is 15.3 Å². The third kappa shape index (κ3) is 7.16. The van der Waals surface area contributed by atoms with Gasteiger partial charge in [0.15, 0.2) is 6.29 Å². The van der Waals surface area contributed by atoms with Crippen LogP contribution in [0.4, 0.5) is 0 Å². The van der Waals surface area contributed by atoms with Gasteiger partial charge in [0.25, 0.3) is 0 Å². The number of carboxylic acids is 1. The fourth-order valence-corrected chi connectivity index (χ4v) is 19.1. The average molecular weight is 991 g/mol. The molecule has 2 aliphatic heterocycles. The van der Waals surface area contributed by atoms with Crippen LogP contribution in [0.2, 0.25) is 0 Å². The highest BCUT2D eigenvalue weighted by Gasteiger charge is 2.80. The summed E-state index contributed by atoms with van der Waals surface area (Å²) in [7, 11) is 0. The Balaban J connectivity index is 1.22. The van der Waals surface area contributed by atoms with Gasteiger partial charge in [0.2, 0.25) is 5.91 Å². The Morgan fingerprint density at radius 2 is 1.70 bits per heavy atom. The van der Waals surface area contributed by atoms with Crippen LogP contribution in [0.25, 0.3) is 0 Å². The highest BCUT2D eigenvalue weighted by molar-refractivity contribution is 5.82. The second-order valence-corrected chi connectivity index (χ2v) is 25.3. The number of carbonyl (C=O) groups is 2. The molecule has 1 amide bonds. The number of fused-ring (bicyclic) bond motifs is 2. The number of aliphatic carboxylic acids is 1. The van der Waals surface area contributed by atoms with Crippen molar-refractivity contribution < 1.29 is 59.9 Å². The van der Waals surface area contributed by atoms with Crippen molar-refractivity contribution in [3.8, 4) is 11.8 Å². The largest absolute Gasteiger partial charge is 0.481 e. The number of imidazole rings is 1. The molecule has 394 valence electrons. The van der Waals surface area contributed by atoms with E-state index < -0.39 is 118 Å². The summed E-state index contributed by atoms with van der Waals surface area (Å²) in [5.74, 6) is 2.26. The number of carbonyl (C=O) groups excluding carboxylic acids is 1. The molecule has 12 N–H and O–H groups in total. The van der Waals surface area contributed by atoms with Crippen molar-refractivity contribution in [2.75, 3.05) is 33.0 Å². The Bertz CT molecular complexity index is 2260. The maximum Gasteiger partial charge on any atom is 0.310 e. The summed E-state index contributed by atoms with van der Waals surface area (Å²) in [4.78, 5) is 36.0. The third-order valence-electron chi connectivity index (χ3n) is 22.8. The molecular weight excluding hydrogens is 909 g/mol. The second kappa shape index (κ2) is 18.4. The van der Waals surface area contributed by atoms with Crippen LogP contribution >= 0.6 is 0 Å². The number of amides is 1. The number of hydrogen-bond acceptors (Lipinski definition) is 13. The average Bonchev–Trinajstić information content (AvgIpc) is 4.14. The quantitative estimate of drug-likeness (QED) is 0.0815. The number of rotatable bonds is 12. The Kier molecular flexibility index (Phi) is 13.4. The van der Waals surface area contributed by atoms with Crippen LogP contribution in [-0.2, 0) is 19.1 Å². The summed E-state index contributed by atoms with van der Waals surface area (Å²) in [5, 5.41) is 95.9. The molecular formula is C55H82N4O12. The standard InChI is InChI=1S/C55H82N4O12/c1-49(27-61)17-18-54(48(68)69)19-20-55-16-6-5-10-31(39-32(25-60)46(67)59-41(39)30(11-9-21-56)35-24-57-29-58-35)40-43(65)45(71-47-44(66)42(64)36(63)26-70-47)50(2,28-62)38-23-53(14-7-8-15-53)52(55,4)37(51(38,40)3)13-12-33(55)34(54)22-49/h12,24,29-32,34,36-45,47,60-66H,6-9,11,13-23,25-28,56H2,1-4H3,(H,57,58)(H,59,67)(H,68,69)/t30-,31+,32+,34+,36-,37-,38-,39+,40+,41-,42+,43-,44-,45-,47+,49+,50+,51-,52+,54+,55-/m1/s1. The molecule has 0 radical (unpaired) electrons. The van der Waals surface area contributed by atoms with Gasteiger partial charge in [0.1, 0.15) is 18.3 Å². The summed E-state index contributed by atoms with van der Waals surface area (Å²) in [6.45, 7) is 8.07. The van der Waals surface area contributed by atoms with Crippen LogP contribution in [0.15, 0.2) is 24.2 Å². The lowest BCUT2D eigenvalue weighted by Crippen LogP contribution is -2.77. The normalized spacial score (nSPS) is 49.1. The van der Waals surface area contributed by atoms with E-state index in [9.17, 15) is 50.4 Å². The topological polar surface area (TPSA) is 281 Å². The monoisotopic (exact) mass is 991 g/mol. The first-order valence-corrected chi connectivity index (χ1v) is 27.0. The zero-order valence-electron chi connectivity index (χ0n) is 42.3. The molecule has 9 aliphatic rings. The number of nitrogens with one attached hydrogen (secondary N) is 2. The first-order valence-electron chi connectivity index (χ1n) is 27.0. The minimum absolute atomic E-state index is 0.0251. The van der Waals surface area contributed by atoms with E-state index in [-0.39, 0.29) is 48.2 Å². The number of nitrogens with zero attached hydrogens (tertiary/aromatic N) is 1. The first-order chi connectivity index (χ1) is 33.8. The molecule has 16 heteroatoms. The zero-order chi connectivity index (χ0) is 50.7. The molecule has 7 fully saturated rings. The summed E-state index contributed by atoms with van der Waals surface area (Å²) in [6.07, 6.45) is 7.46. The number of H-pyrrole nitrogens is 1. The summed E-state index contributed by atoms with van der Waals surface area (Å²) < 4.78 is 12.8. The zero-order valence-corrected chi connectivity index (χ0v) is 42.3. The molecule has 0 aromatic carbocycles. The number of hydrogen-bond donors (Lipinski definition) is 11. The van der Waals surface area contributed by atoms with Gasteiger partial charge in [-0.1, -0.05) is 58.1 Å². The lowest BCUT2D eigenvalue weighted by Gasteiger charge is -2.79. The molecule has 21 atom stereocenters. The molecule has 1 aromatic rings. The van der Waals surface area contributed by atoms with E-state index in [1.807, 2.05) is 6.92 Å². The molecule has 2 spiro atoms. The van der Waals surface area contributed by atoms with E-state index in [1.165, 1.54) is 5.57 Å². The molecule has 7 aliphatic carbocycles. The number of aliphatic hydroxyl groups is 7. The van der Waals surface area contributed by atoms with Crippen LogP contribution < -0.4 is 11.1 Å². The van der Waals surface area contributed by atoms with Crippen molar-refractivity contribution in [3.63, 3.8) is 0 Å². The van der Waals surface area contributed by atoms with Gasteiger partial charge in [-0.2, -0.15) is 0 Å². The van der Waals surface area contributed by atoms with Gasteiger partial charge in [-0.15, -0.1) is 5.92 Å². The number of allylic oxidation sites excluding steroid dienone is 2. The van der Waals surface area contributed by atoms with Crippen LogP contribution in [0.5, 0.6) is 0 Å². The Labute approximate surface area is 418 Å². The Morgan fingerprint density at radius 3 is 2.37 bits per heavy atom. The van der Waals surface area contributed by atoms with Crippen molar-refractivity contribution in [1.29, 1.82) is 0 Å². The van der Waals surface area contributed by atoms with E-state index in [1.54, 1.807) is 12.5 Å². The van der Waals surface area contributed by atoms with E-state index in [0.717, 1.165) is 31.4 Å². The fourth-order valence-electron chi connectivity index (χ4n) is 19.1. The van der Waals surface area contributed by atoms with Gasteiger partial charge >= 0.3 is 5.97 Å². The molecule has 4 bridgehead atoms. The first kappa shape index (κ1) is 51.5. The van der Waals surface area contributed by atoms with Gasteiger partial charge in [-0.3, -0.25) is 9.59 Å². The van der Waals surface area contributed by atoms with Crippen LogP contribution in [-0.4, -0.2) is 139 Å². The number of ether oxygens (including phenoxy) is 2. The lowest BCUT2D eigenvalue weighted by atomic mass is 9.25. The number of aromatic nitrogens is 2. The van der Waals surface area contributed by atoms with Gasteiger partial charge in [0.05, 0.1) is 49.7 Å². The minimum atomic E-state index is -1.67. The van der Waals surface area contributed by atoms with Gasteiger partial charge in [0, 0.05) is 60.0 Å². The SMILES string of the molecule is C[C@]1(CO)CC[C@]2(C(=O)O)CC[C@@]34CCC#C[C@@H]([C@@H]5[C@@H]([C@H](CCCN)c6cnc[nH]6)NC(=O)[C@H]5CO)[C@H]5[C@@H](O)[C@@H](O[C@@H]6OC[C@@H](O)[C@H](O)[C@H]6O)[C@@](C)(CO)[C@H]6CC7(CCCC7)[C@]3(C)[C@H](CC=C4[C@@H]2C1)[C@@]56C. The molecule has 5 saturated carbocycles. The smallest absolute Gasteiger partial charge is 0.310 e. The lowest BCUT2D eigenvalue weighted by molar-refractivity contribution is -0.355. The van der Waals surface area contributed by atoms with Crippen molar-refractivity contribution in [2.24, 2.45) is 85.1 Å². The van der Waals surface area contributed by atoms with Crippen LogP contribution in [0.1, 0.15) is 136 Å². The van der Waals surface area contributed by atoms with Crippen molar-refractivity contribution >= 4 is 11.9 Å². The molecule has 1 aromatic heterocycles. The van der Waals surface area contributed by atoms with E-state index in [2.05, 4.69) is 54.0 Å². The van der Waals surface area contributed by atoms with Crippen LogP contribution in [0, 0.1) is 91.2 Å². The summed E-state index contributed by atoms with van der Waals surface area (Å²) >= 11 is 0. The molecule has 0 unspecified atom stereocenters. The van der Waals surface area contributed by atoms with Gasteiger partial charge < -0.3 is 66.4 Å². The van der Waals surface area contributed by atoms with Gasteiger partial charge in [-0.25, -0.2) is 4.98 Å². The highest BCUT2D eigenvalue weighted by Crippen LogP contribution is 2.84. The maximum atomic E-state index is 14.5. The van der Waals surface area contributed by atoms with Gasteiger partial charge in [-0.05, 0) is 128 Å². The van der Waals surface area contributed by atoms with E-state index in [0.29, 0.717) is 77.2 Å². The number of aliphatic hydroxyl groups excluding tert-OH is 7. The highest BCUT2D eigenvalue weighted by atomic mass is 16.7. The van der Waals surface area contributed by atoms with Crippen molar-refractivity contribution in [2.45, 2.75) is 173 Å². The van der Waals surface area contributed by atoms with Crippen LogP contribution in [0.3, 0.4) is 0 Å². The maximum absolute atomic E-state index is 14.5. The molecule has 3 heterocycles. The Hall–Kier alpha value is -2.95. The predicted octanol–water partition coefficient (Wildman–Crippen LogP) is 3.37. The molecule has 16 nitrogen and oxygen atoms in total. The summed E-state index contributed by atoms with van der Waals surface area (Å²) in [5.41, 5.74) is 3.47. The van der Waals surface area contributed by atoms with E-state index in [4.69, 9.17) is 15.2 Å². The number of carboxylic acid groups (broad SMARTS) is 1. The second-order valence-electron chi connectivity index (χ2n) is 25.3. The minimum Gasteiger partial charge on any atom is -0.481 e.